The largest absolute Gasteiger partial charge is 0.451 e. The topological polar surface area (TPSA) is 91.3 Å². The molecule has 7 heteroatoms. The molecule has 0 radical (unpaired) electrons. The van der Waals surface area contributed by atoms with E-state index in [1.165, 1.54) is 7.11 Å². The second kappa shape index (κ2) is 8.52. The van der Waals surface area contributed by atoms with Crippen molar-refractivity contribution in [2.24, 2.45) is 0 Å². The van der Waals surface area contributed by atoms with E-state index in [9.17, 15) is 14.7 Å². The van der Waals surface area contributed by atoms with Gasteiger partial charge in [0.05, 0.1) is 17.7 Å². The molecule has 1 fully saturated rings. The lowest BCUT2D eigenvalue weighted by atomic mass is 9.96. The van der Waals surface area contributed by atoms with E-state index in [4.69, 9.17) is 18.9 Å². The fourth-order valence-corrected chi connectivity index (χ4v) is 3.19. The molecule has 1 saturated heterocycles. The molecule has 0 bridgehead atoms. The zero-order valence-corrected chi connectivity index (χ0v) is 15.6. The molecular weight excluding hydrogens is 364 g/mol. The van der Waals surface area contributed by atoms with Gasteiger partial charge in [-0.05, 0) is 31.2 Å². The van der Waals surface area contributed by atoms with Gasteiger partial charge in [0.2, 0.25) is 6.29 Å². The molecule has 1 N–H and O–H groups in total. The van der Waals surface area contributed by atoms with Crippen molar-refractivity contribution in [2.75, 3.05) is 13.7 Å². The van der Waals surface area contributed by atoms with Gasteiger partial charge in [0, 0.05) is 7.11 Å². The van der Waals surface area contributed by atoms with Crippen LogP contribution in [0.3, 0.4) is 0 Å². The SMILES string of the molecule is CO[C@H]1O[C@H](CO)[C@@H](OC(=O)c2ccccc2)[C@@]1(C)OC(=O)c1ccccc1. The molecule has 0 aliphatic carbocycles. The number of esters is 2. The highest BCUT2D eigenvalue weighted by molar-refractivity contribution is 5.90. The van der Waals surface area contributed by atoms with Crippen LogP contribution < -0.4 is 0 Å². The van der Waals surface area contributed by atoms with Crippen LogP contribution in [0, 0.1) is 0 Å². The summed E-state index contributed by atoms with van der Waals surface area (Å²) in [4.78, 5) is 25.2. The van der Waals surface area contributed by atoms with Crippen LogP contribution in [0.1, 0.15) is 27.6 Å². The molecule has 1 aliphatic heterocycles. The highest BCUT2D eigenvalue weighted by atomic mass is 16.7. The molecule has 2 aromatic rings. The molecular formula is C21H22O7. The van der Waals surface area contributed by atoms with Crippen LogP contribution in [-0.2, 0) is 18.9 Å². The molecule has 1 heterocycles. The summed E-state index contributed by atoms with van der Waals surface area (Å²) in [5.74, 6) is -1.24. The summed E-state index contributed by atoms with van der Waals surface area (Å²) >= 11 is 0. The number of methoxy groups -OCH3 is 1. The number of carbonyl (C=O) groups is 2. The number of benzene rings is 2. The van der Waals surface area contributed by atoms with Crippen molar-refractivity contribution in [1.82, 2.24) is 0 Å². The van der Waals surface area contributed by atoms with E-state index in [0.717, 1.165) is 0 Å². The fourth-order valence-electron chi connectivity index (χ4n) is 3.19. The zero-order chi connectivity index (χ0) is 20.1. The van der Waals surface area contributed by atoms with Crippen molar-refractivity contribution in [3.8, 4) is 0 Å². The van der Waals surface area contributed by atoms with Crippen molar-refractivity contribution < 1.29 is 33.6 Å². The number of hydrogen-bond acceptors (Lipinski definition) is 7. The molecule has 4 atom stereocenters. The van der Waals surface area contributed by atoms with Gasteiger partial charge < -0.3 is 24.1 Å². The summed E-state index contributed by atoms with van der Waals surface area (Å²) in [7, 11) is 1.38. The Labute approximate surface area is 162 Å². The maximum atomic E-state index is 12.6. The smallest absolute Gasteiger partial charge is 0.338 e. The minimum Gasteiger partial charge on any atom is -0.451 e. The quantitative estimate of drug-likeness (QED) is 0.761. The van der Waals surface area contributed by atoms with Crippen LogP contribution in [0.2, 0.25) is 0 Å². The molecule has 7 nitrogen and oxygen atoms in total. The lowest BCUT2D eigenvalue weighted by Crippen LogP contribution is -2.52. The van der Waals surface area contributed by atoms with Gasteiger partial charge in [-0.15, -0.1) is 0 Å². The number of carbonyl (C=O) groups excluding carboxylic acids is 2. The normalized spacial score (nSPS) is 26.6. The van der Waals surface area contributed by atoms with Crippen molar-refractivity contribution in [3.05, 3.63) is 71.8 Å². The van der Waals surface area contributed by atoms with Gasteiger partial charge in [-0.1, -0.05) is 36.4 Å². The van der Waals surface area contributed by atoms with Crippen molar-refractivity contribution in [2.45, 2.75) is 31.0 Å². The van der Waals surface area contributed by atoms with Crippen LogP contribution in [0.5, 0.6) is 0 Å². The first-order valence-corrected chi connectivity index (χ1v) is 8.83. The molecule has 0 amide bonds. The third kappa shape index (κ3) is 3.91. The summed E-state index contributed by atoms with van der Waals surface area (Å²) in [5.41, 5.74) is -0.796. The molecule has 1 aliphatic rings. The maximum Gasteiger partial charge on any atom is 0.338 e. The Bertz CT molecular complexity index is 808. The van der Waals surface area contributed by atoms with E-state index >= 15 is 0 Å². The fraction of sp³-hybridized carbons (Fsp3) is 0.333. The number of ether oxygens (including phenoxy) is 4. The minimum absolute atomic E-state index is 0.330. The number of hydrogen-bond donors (Lipinski definition) is 1. The predicted molar refractivity (Wildman–Crippen MR) is 98.7 cm³/mol. The number of aliphatic hydroxyl groups excluding tert-OH is 1. The summed E-state index contributed by atoms with van der Waals surface area (Å²) in [6, 6.07) is 16.8. The van der Waals surface area contributed by atoms with E-state index in [0.29, 0.717) is 11.1 Å². The van der Waals surface area contributed by atoms with E-state index in [1.54, 1.807) is 67.6 Å². The highest BCUT2D eigenvalue weighted by Gasteiger charge is 2.59. The molecule has 0 spiro atoms. The lowest BCUT2D eigenvalue weighted by Gasteiger charge is -2.33. The monoisotopic (exact) mass is 386 g/mol. The van der Waals surface area contributed by atoms with E-state index in [2.05, 4.69) is 0 Å². The molecule has 0 saturated carbocycles. The summed E-state index contributed by atoms with van der Waals surface area (Å²) < 4.78 is 22.2. The zero-order valence-electron chi connectivity index (χ0n) is 15.6. The number of rotatable bonds is 6. The Kier molecular flexibility index (Phi) is 6.08. The van der Waals surface area contributed by atoms with Crippen molar-refractivity contribution in [1.29, 1.82) is 0 Å². The van der Waals surface area contributed by atoms with E-state index < -0.39 is 42.6 Å². The highest BCUT2D eigenvalue weighted by Crippen LogP contribution is 2.38. The Morgan fingerprint density at radius 1 is 1.00 bits per heavy atom. The van der Waals surface area contributed by atoms with E-state index in [-0.39, 0.29) is 0 Å². The van der Waals surface area contributed by atoms with Crippen LogP contribution in [0.4, 0.5) is 0 Å². The van der Waals surface area contributed by atoms with Gasteiger partial charge in [0.1, 0.15) is 6.10 Å². The first-order chi connectivity index (χ1) is 13.5. The Hall–Kier alpha value is -2.74. The Morgan fingerprint density at radius 3 is 2.04 bits per heavy atom. The lowest BCUT2D eigenvalue weighted by molar-refractivity contribution is -0.188. The molecule has 148 valence electrons. The van der Waals surface area contributed by atoms with Gasteiger partial charge in [-0.3, -0.25) is 0 Å². The van der Waals surface area contributed by atoms with Crippen LogP contribution in [0.15, 0.2) is 60.7 Å². The van der Waals surface area contributed by atoms with Gasteiger partial charge >= 0.3 is 11.9 Å². The molecule has 0 unspecified atom stereocenters. The van der Waals surface area contributed by atoms with Crippen molar-refractivity contribution in [3.63, 3.8) is 0 Å². The predicted octanol–water partition coefficient (Wildman–Crippen LogP) is 2.19. The van der Waals surface area contributed by atoms with Gasteiger partial charge in [-0.2, -0.15) is 0 Å². The molecule has 28 heavy (non-hydrogen) atoms. The van der Waals surface area contributed by atoms with Gasteiger partial charge in [-0.25, -0.2) is 9.59 Å². The average Bonchev–Trinajstić information content (AvgIpc) is 3.00. The van der Waals surface area contributed by atoms with Gasteiger partial charge in [0.25, 0.3) is 0 Å². The van der Waals surface area contributed by atoms with E-state index in [1.807, 2.05) is 0 Å². The summed E-state index contributed by atoms with van der Waals surface area (Å²) in [6.07, 6.45) is -3.00. The van der Waals surface area contributed by atoms with Crippen molar-refractivity contribution >= 4 is 11.9 Å². The molecule has 3 rings (SSSR count). The second-order valence-electron chi connectivity index (χ2n) is 6.56. The van der Waals surface area contributed by atoms with Crippen LogP contribution in [-0.4, -0.2) is 54.9 Å². The number of aliphatic hydroxyl groups is 1. The molecule has 2 aromatic carbocycles. The standard InChI is InChI=1S/C21H22O7/c1-21(28-19(24)15-11-7-4-8-12-15)17(16(13-22)26-20(21)25-2)27-18(23)14-9-5-3-6-10-14/h3-12,16-17,20,22H,13H2,1-2H3/t16-,17-,20+,21-/m1/s1. The summed E-state index contributed by atoms with van der Waals surface area (Å²) in [6.45, 7) is 1.12. The Balaban J connectivity index is 1.87. The Morgan fingerprint density at radius 2 is 1.54 bits per heavy atom. The summed E-state index contributed by atoms with van der Waals surface area (Å²) in [5, 5.41) is 9.70. The van der Waals surface area contributed by atoms with Crippen LogP contribution in [0.25, 0.3) is 0 Å². The first kappa shape index (κ1) is 20.0. The maximum absolute atomic E-state index is 12.6. The second-order valence-corrected chi connectivity index (χ2v) is 6.56. The first-order valence-electron chi connectivity index (χ1n) is 8.83. The minimum atomic E-state index is -1.46. The third-order valence-corrected chi connectivity index (χ3v) is 4.63. The third-order valence-electron chi connectivity index (χ3n) is 4.63. The van der Waals surface area contributed by atoms with Gasteiger partial charge in [0.15, 0.2) is 11.7 Å². The molecule has 0 aromatic heterocycles. The average molecular weight is 386 g/mol. The van der Waals surface area contributed by atoms with Crippen LogP contribution >= 0.6 is 0 Å².